The van der Waals surface area contributed by atoms with Crippen molar-refractivity contribution in [2.75, 3.05) is 98.9 Å². The molecule has 0 fully saturated rings. The van der Waals surface area contributed by atoms with E-state index in [0.29, 0.717) is 13.7 Å². The van der Waals surface area contributed by atoms with Gasteiger partial charge in [0.05, 0.1) is 79.1 Å². The fourth-order valence-electron chi connectivity index (χ4n) is 3.27. The Bertz CT molecular complexity index is 1010. The SMILES string of the molecule is O=C(NCCOCCO)OCCn1c(=O)n(CCOC(=O)NCCOCCO)c(=O)n(CCOC(=O)NCCOCCO)c1=O. The molecule has 0 bridgehead atoms. The third kappa shape index (κ3) is 16.6. The van der Waals surface area contributed by atoms with Gasteiger partial charge in [0.1, 0.15) is 19.8 Å². The largest absolute Gasteiger partial charge is 0.448 e. The second kappa shape index (κ2) is 24.3. The average molecular weight is 655 g/mol. The van der Waals surface area contributed by atoms with Crippen molar-refractivity contribution in [2.45, 2.75) is 19.6 Å². The number of carbonyl (C=O) groups is 3. The van der Waals surface area contributed by atoms with Crippen LogP contribution >= 0.6 is 0 Å². The van der Waals surface area contributed by atoms with Crippen molar-refractivity contribution in [3.8, 4) is 0 Å². The van der Waals surface area contributed by atoms with Crippen molar-refractivity contribution in [2.24, 2.45) is 0 Å². The molecule has 0 saturated carbocycles. The van der Waals surface area contributed by atoms with Gasteiger partial charge in [0.15, 0.2) is 0 Å². The van der Waals surface area contributed by atoms with Crippen LogP contribution in [0.25, 0.3) is 0 Å². The Morgan fingerprint density at radius 3 is 0.978 bits per heavy atom. The van der Waals surface area contributed by atoms with Crippen molar-refractivity contribution < 1.29 is 58.1 Å². The molecule has 21 nitrogen and oxygen atoms in total. The summed E-state index contributed by atoms with van der Waals surface area (Å²) < 4.78 is 31.8. The van der Waals surface area contributed by atoms with Crippen LogP contribution in [0.15, 0.2) is 14.4 Å². The fraction of sp³-hybridized carbons (Fsp3) is 0.750. The molecule has 0 aromatic carbocycles. The molecule has 0 aliphatic rings. The summed E-state index contributed by atoms with van der Waals surface area (Å²) in [6.45, 7) is -2.38. The van der Waals surface area contributed by atoms with Gasteiger partial charge in [-0.25, -0.2) is 42.5 Å². The van der Waals surface area contributed by atoms with E-state index in [4.69, 9.17) is 43.7 Å². The summed E-state index contributed by atoms with van der Waals surface area (Å²) in [7, 11) is 0. The minimum Gasteiger partial charge on any atom is -0.448 e. The first-order valence-corrected chi connectivity index (χ1v) is 14.0. The number of aromatic nitrogens is 3. The molecule has 0 aliphatic heterocycles. The molecular formula is C24H42N6O15. The lowest BCUT2D eigenvalue weighted by Crippen LogP contribution is -2.55. The van der Waals surface area contributed by atoms with Crippen LogP contribution in [-0.2, 0) is 48.1 Å². The van der Waals surface area contributed by atoms with Crippen LogP contribution in [0.1, 0.15) is 0 Å². The number of hydrogen-bond donors (Lipinski definition) is 6. The van der Waals surface area contributed by atoms with Crippen LogP contribution in [0.3, 0.4) is 0 Å². The summed E-state index contributed by atoms with van der Waals surface area (Å²) in [4.78, 5) is 74.7. The second-order valence-corrected chi connectivity index (χ2v) is 8.50. The van der Waals surface area contributed by atoms with E-state index >= 15 is 0 Å². The molecule has 258 valence electrons. The highest BCUT2D eigenvalue weighted by molar-refractivity contribution is 5.67. The first-order chi connectivity index (χ1) is 21.8. The van der Waals surface area contributed by atoms with E-state index < -0.39 is 74.8 Å². The molecule has 0 unspecified atom stereocenters. The number of aliphatic hydroxyl groups excluding tert-OH is 3. The van der Waals surface area contributed by atoms with Crippen LogP contribution in [0.5, 0.6) is 0 Å². The number of ether oxygens (including phenoxy) is 6. The van der Waals surface area contributed by atoms with E-state index in [1.165, 1.54) is 0 Å². The molecule has 6 N–H and O–H groups in total. The third-order valence-electron chi connectivity index (χ3n) is 5.28. The van der Waals surface area contributed by atoms with Gasteiger partial charge >= 0.3 is 35.3 Å². The van der Waals surface area contributed by atoms with E-state index in [-0.39, 0.29) is 79.1 Å². The Morgan fingerprint density at radius 1 is 0.467 bits per heavy atom. The lowest BCUT2D eigenvalue weighted by Gasteiger charge is -2.15. The number of rotatable bonds is 24. The van der Waals surface area contributed by atoms with Gasteiger partial charge < -0.3 is 59.7 Å². The molecule has 0 spiro atoms. The third-order valence-corrected chi connectivity index (χ3v) is 5.28. The monoisotopic (exact) mass is 654 g/mol. The van der Waals surface area contributed by atoms with Gasteiger partial charge in [-0.2, -0.15) is 0 Å². The molecule has 0 saturated heterocycles. The number of amides is 3. The van der Waals surface area contributed by atoms with E-state index in [9.17, 15) is 28.8 Å². The van der Waals surface area contributed by atoms with Crippen LogP contribution in [0, 0.1) is 0 Å². The Morgan fingerprint density at radius 2 is 0.733 bits per heavy atom. The quantitative estimate of drug-likeness (QED) is 0.0452. The summed E-state index contributed by atoms with van der Waals surface area (Å²) in [6.07, 6.45) is -2.61. The summed E-state index contributed by atoms with van der Waals surface area (Å²) in [6, 6.07) is 0. The molecular weight excluding hydrogens is 612 g/mol. The Kier molecular flexibility index (Phi) is 21.1. The molecule has 21 heteroatoms. The predicted octanol–water partition coefficient (Wildman–Crippen LogP) is -4.62. The zero-order chi connectivity index (χ0) is 33.3. The van der Waals surface area contributed by atoms with Crippen LogP contribution < -0.4 is 33.0 Å². The van der Waals surface area contributed by atoms with E-state index in [1.54, 1.807) is 0 Å². The Hall–Kier alpha value is -4.02. The standard InChI is InChI=1S/C24H42N6O15/c31-7-16-40-10-1-25-19(34)43-13-4-28-22(37)29(5-14-44-20(35)26-2-11-41-17-8-32)24(39)30(23(28)38)6-15-45-21(36)27-3-12-42-18-9-33/h31-33H,1-18H2,(H,25,34)(H,26,35)(H,27,36). The molecule has 0 aliphatic carbocycles. The number of aliphatic hydroxyl groups is 3. The maximum Gasteiger partial charge on any atom is 0.407 e. The van der Waals surface area contributed by atoms with Crippen LogP contribution in [-0.4, -0.2) is 146 Å². The zero-order valence-electron chi connectivity index (χ0n) is 24.8. The highest BCUT2D eigenvalue weighted by Gasteiger charge is 2.17. The normalized spacial score (nSPS) is 10.7. The summed E-state index contributed by atoms with van der Waals surface area (Å²) in [5.41, 5.74) is -3.19. The molecule has 0 atom stereocenters. The minimum absolute atomic E-state index is 0.0724. The summed E-state index contributed by atoms with van der Waals surface area (Å²) in [5, 5.41) is 33.1. The van der Waals surface area contributed by atoms with Crippen molar-refractivity contribution in [1.29, 1.82) is 0 Å². The summed E-state index contributed by atoms with van der Waals surface area (Å²) in [5.74, 6) is 0. The smallest absolute Gasteiger partial charge is 0.407 e. The zero-order valence-corrected chi connectivity index (χ0v) is 24.8. The van der Waals surface area contributed by atoms with Crippen LogP contribution in [0.2, 0.25) is 0 Å². The van der Waals surface area contributed by atoms with Crippen molar-refractivity contribution >= 4 is 18.3 Å². The van der Waals surface area contributed by atoms with Gasteiger partial charge in [-0.05, 0) is 0 Å². The predicted molar refractivity (Wildman–Crippen MR) is 151 cm³/mol. The van der Waals surface area contributed by atoms with Gasteiger partial charge in [0, 0.05) is 19.6 Å². The highest BCUT2D eigenvalue weighted by Crippen LogP contribution is 1.87. The maximum absolute atomic E-state index is 13.0. The fourth-order valence-corrected chi connectivity index (χ4v) is 3.27. The minimum atomic E-state index is -1.06. The van der Waals surface area contributed by atoms with Gasteiger partial charge in [0.25, 0.3) is 0 Å². The molecule has 45 heavy (non-hydrogen) atoms. The van der Waals surface area contributed by atoms with Crippen molar-refractivity contribution in [1.82, 2.24) is 29.7 Å². The lowest BCUT2D eigenvalue weighted by molar-refractivity contribution is 0.0899. The number of alkyl carbamates (subject to hydrolysis) is 3. The van der Waals surface area contributed by atoms with E-state index in [1.807, 2.05) is 0 Å². The Balaban J connectivity index is 2.89. The molecule has 1 heterocycles. The first-order valence-electron chi connectivity index (χ1n) is 14.0. The Labute approximate surface area is 256 Å². The van der Waals surface area contributed by atoms with Gasteiger partial charge in [0.2, 0.25) is 0 Å². The van der Waals surface area contributed by atoms with E-state index in [2.05, 4.69) is 16.0 Å². The molecule has 1 rings (SSSR count). The highest BCUT2D eigenvalue weighted by atomic mass is 16.6. The first kappa shape index (κ1) is 39.0. The molecule has 0 radical (unpaired) electrons. The number of hydrogen-bond acceptors (Lipinski definition) is 15. The number of nitrogens with one attached hydrogen (secondary N) is 3. The molecule has 1 aromatic rings. The van der Waals surface area contributed by atoms with Crippen molar-refractivity contribution in [3.05, 3.63) is 31.5 Å². The number of carbonyl (C=O) groups excluding carboxylic acids is 3. The maximum atomic E-state index is 13.0. The summed E-state index contributed by atoms with van der Waals surface area (Å²) >= 11 is 0. The molecule has 3 amide bonds. The van der Waals surface area contributed by atoms with Gasteiger partial charge in [-0.15, -0.1) is 0 Å². The topological polar surface area (TPSA) is 269 Å². The second-order valence-electron chi connectivity index (χ2n) is 8.50. The number of nitrogens with zero attached hydrogens (tertiary/aromatic N) is 3. The van der Waals surface area contributed by atoms with Gasteiger partial charge in [-0.3, -0.25) is 0 Å². The van der Waals surface area contributed by atoms with E-state index in [0.717, 1.165) is 0 Å². The molecule has 1 aromatic heterocycles. The van der Waals surface area contributed by atoms with Gasteiger partial charge in [-0.1, -0.05) is 0 Å². The average Bonchev–Trinajstić information content (AvgIpc) is 3.01. The van der Waals surface area contributed by atoms with Crippen molar-refractivity contribution in [3.63, 3.8) is 0 Å². The lowest BCUT2D eigenvalue weighted by atomic mass is 10.5. The van der Waals surface area contributed by atoms with Crippen LogP contribution in [0.4, 0.5) is 14.4 Å².